The lowest BCUT2D eigenvalue weighted by Crippen LogP contribution is -2.27. The van der Waals surface area contributed by atoms with Gasteiger partial charge in [0.15, 0.2) is 0 Å². The summed E-state index contributed by atoms with van der Waals surface area (Å²) in [6.07, 6.45) is 0.0364. The molecule has 17 heavy (non-hydrogen) atoms. The Morgan fingerprint density at radius 3 is 2.76 bits per heavy atom. The number of halogens is 1. The van der Waals surface area contributed by atoms with Crippen LogP contribution in [0.2, 0.25) is 0 Å². The number of hydrogen-bond donors (Lipinski definition) is 2. The minimum atomic E-state index is 0.0364. The molecular formula is C12H19BrN2O2. The summed E-state index contributed by atoms with van der Waals surface area (Å²) in [6.45, 7) is 1.76. The van der Waals surface area contributed by atoms with Crippen LogP contribution in [-0.4, -0.2) is 33.5 Å². The standard InChI is InChI=1S/C12H19BrN2O2/c1-16-8-11(17-2)7-15-12-4-3-10(13)5-9(12)6-14/h3-5,11,15H,6-8,14H2,1-2H3. The minimum Gasteiger partial charge on any atom is -0.382 e. The number of hydrogen-bond acceptors (Lipinski definition) is 4. The van der Waals surface area contributed by atoms with Crippen molar-refractivity contribution in [2.24, 2.45) is 5.73 Å². The molecule has 4 nitrogen and oxygen atoms in total. The van der Waals surface area contributed by atoms with Gasteiger partial charge in [-0.25, -0.2) is 0 Å². The van der Waals surface area contributed by atoms with Crippen molar-refractivity contribution >= 4 is 21.6 Å². The Balaban J connectivity index is 2.61. The highest BCUT2D eigenvalue weighted by Gasteiger charge is 2.08. The predicted molar refractivity (Wildman–Crippen MR) is 73.2 cm³/mol. The Hall–Kier alpha value is -0.620. The predicted octanol–water partition coefficient (Wildman–Crippen LogP) is 1.98. The van der Waals surface area contributed by atoms with Gasteiger partial charge in [0, 0.05) is 37.5 Å². The van der Waals surface area contributed by atoms with Crippen LogP contribution >= 0.6 is 15.9 Å². The molecule has 0 heterocycles. The zero-order valence-electron chi connectivity index (χ0n) is 10.2. The summed E-state index contributed by atoms with van der Waals surface area (Å²) >= 11 is 3.43. The van der Waals surface area contributed by atoms with Crippen LogP contribution in [-0.2, 0) is 16.0 Å². The van der Waals surface area contributed by atoms with Gasteiger partial charge in [0.25, 0.3) is 0 Å². The molecule has 0 saturated heterocycles. The first kappa shape index (κ1) is 14.4. The van der Waals surface area contributed by atoms with Crippen molar-refractivity contribution in [3.8, 4) is 0 Å². The Morgan fingerprint density at radius 2 is 2.18 bits per heavy atom. The van der Waals surface area contributed by atoms with Crippen LogP contribution in [0.25, 0.3) is 0 Å². The van der Waals surface area contributed by atoms with E-state index < -0.39 is 0 Å². The lowest BCUT2D eigenvalue weighted by atomic mass is 10.1. The summed E-state index contributed by atoms with van der Waals surface area (Å²) in [5.41, 5.74) is 7.81. The second-order valence-electron chi connectivity index (χ2n) is 3.70. The maximum atomic E-state index is 5.70. The minimum absolute atomic E-state index is 0.0364. The van der Waals surface area contributed by atoms with Crippen LogP contribution in [0.3, 0.4) is 0 Å². The Bertz CT molecular complexity index is 347. The fourth-order valence-electron chi connectivity index (χ4n) is 1.52. The molecule has 96 valence electrons. The SMILES string of the molecule is COCC(CNc1ccc(Br)cc1CN)OC. The van der Waals surface area contributed by atoms with Crippen molar-refractivity contribution in [2.75, 3.05) is 32.7 Å². The number of benzene rings is 1. The van der Waals surface area contributed by atoms with E-state index in [1.165, 1.54) is 0 Å². The summed E-state index contributed by atoms with van der Waals surface area (Å²) in [5, 5.41) is 3.32. The van der Waals surface area contributed by atoms with Gasteiger partial charge < -0.3 is 20.5 Å². The summed E-state index contributed by atoms with van der Waals surface area (Å²) < 4.78 is 11.4. The number of anilines is 1. The second-order valence-corrected chi connectivity index (χ2v) is 4.62. The topological polar surface area (TPSA) is 56.5 Å². The van der Waals surface area contributed by atoms with E-state index in [0.717, 1.165) is 15.7 Å². The highest BCUT2D eigenvalue weighted by Crippen LogP contribution is 2.20. The molecule has 1 rings (SSSR count). The number of ether oxygens (including phenoxy) is 2. The summed E-state index contributed by atoms with van der Waals surface area (Å²) in [7, 11) is 3.34. The van der Waals surface area contributed by atoms with Gasteiger partial charge >= 0.3 is 0 Å². The maximum Gasteiger partial charge on any atom is 0.0976 e. The van der Waals surface area contributed by atoms with E-state index in [2.05, 4.69) is 21.2 Å². The lowest BCUT2D eigenvalue weighted by molar-refractivity contribution is 0.0365. The molecule has 0 fully saturated rings. The van der Waals surface area contributed by atoms with Crippen molar-refractivity contribution in [3.05, 3.63) is 28.2 Å². The van der Waals surface area contributed by atoms with E-state index in [0.29, 0.717) is 19.7 Å². The van der Waals surface area contributed by atoms with Gasteiger partial charge in [-0.15, -0.1) is 0 Å². The van der Waals surface area contributed by atoms with E-state index >= 15 is 0 Å². The highest BCUT2D eigenvalue weighted by molar-refractivity contribution is 9.10. The summed E-state index contributed by atoms with van der Waals surface area (Å²) in [6, 6.07) is 6.01. The molecule has 0 spiro atoms. The Labute approximate surface area is 111 Å². The molecule has 0 aliphatic carbocycles. The van der Waals surface area contributed by atoms with Gasteiger partial charge in [0.1, 0.15) is 0 Å². The summed E-state index contributed by atoms with van der Waals surface area (Å²) in [4.78, 5) is 0. The zero-order chi connectivity index (χ0) is 12.7. The van der Waals surface area contributed by atoms with Gasteiger partial charge in [-0.1, -0.05) is 15.9 Å². The van der Waals surface area contributed by atoms with Crippen LogP contribution < -0.4 is 11.1 Å². The molecule has 0 bridgehead atoms. The molecule has 1 aromatic carbocycles. The Morgan fingerprint density at radius 1 is 1.41 bits per heavy atom. The molecule has 5 heteroatoms. The molecule has 0 aliphatic heterocycles. The van der Waals surface area contributed by atoms with E-state index in [9.17, 15) is 0 Å². The van der Waals surface area contributed by atoms with Crippen molar-refractivity contribution in [1.82, 2.24) is 0 Å². The van der Waals surface area contributed by atoms with E-state index in [1.807, 2.05) is 18.2 Å². The van der Waals surface area contributed by atoms with Crippen LogP contribution in [0.1, 0.15) is 5.56 Å². The smallest absolute Gasteiger partial charge is 0.0976 e. The third kappa shape index (κ3) is 4.63. The average Bonchev–Trinajstić information content (AvgIpc) is 2.35. The monoisotopic (exact) mass is 302 g/mol. The molecule has 0 amide bonds. The van der Waals surface area contributed by atoms with Crippen LogP contribution in [0, 0.1) is 0 Å². The van der Waals surface area contributed by atoms with E-state index in [1.54, 1.807) is 14.2 Å². The highest BCUT2D eigenvalue weighted by atomic mass is 79.9. The van der Waals surface area contributed by atoms with Crippen molar-refractivity contribution < 1.29 is 9.47 Å². The molecule has 1 aromatic rings. The van der Waals surface area contributed by atoms with Crippen molar-refractivity contribution in [1.29, 1.82) is 0 Å². The van der Waals surface area contributed by atoms with Gasteiger partial charge in [0.2, 0.25) is 0 Å². The van der Waals surface area contributed by atoms with Crippen molar-refractivity contribution in [3.63, 3.8) is 0 Å². The van der Waals surface area contributed by atoms with Gasteiger partial charge in [-0.05, 0) is 23.8 Å². The number of nitrogens with two attached hydrogens (primary N) is 1. The van der Waals surface area contributed by atoms with Crippen molar-refractivity contribution in [2.45, 2.75) is 12.6 Å². The molecule has 1 unspecified atom stereocenters. The van der Waals surface area contributed by atoms with Gasteiger partial charge in [-0.2, -0.15) is 0 Å². The molecule has 1 atom stereocenters. The summed E-state index contributed by atoms with van der Waals surface area (Å²) in [5.74, 6) is 0. The van der Waals surface area contributed by atoms with Gasteiger partial charge in [0.05, 0.1) is 12.7 Å². The van der Waals surface area contributed by atoms with E-state index in [-0.39, 0.29) is 6.10 Å². The average molecular weight is 303 g/mol. The fraction of sp³-hybridized carbons (Fsp3) is 0.500. The normalized spacial score (nSPS) is 12.5. The second kappa shape index (κ2) is 7.66. The van der Waals surface area contributed by atoms with Gasteiger partial charge in [-0.3, -0.25) is 0 Å². The first-order chi connectivity index (χ1) is 8.21. The number of rotatable bonds is 7. The number of nitrogens with one attached hydrogen (secondary N) is 1. The third-order valence-corrected chi connectivity index (χ3v) is 2.99. The fourth-order valence-corrected chi connectivity index (χ4v) is 1.93. The van der Waals surface area contributed by atoms with Crippen LogP contribution in [0.15, 0.2) is 22.7 Å². The van der Waals surface area contributed by atoms with E-state index in [4.69, 9.17) is 15.2 Å². The third-order valence-electron chi connectivity index (χ3n) is 2.49. The first-order valence-electron chi connectivity index (χ1n) is 5.45. The number of methoxy groups -OCH3 is 2. The molecular weight excluding hydrogens is 284 g/mol. The van der Waals surface area contributed by atoms with Crippen LogP contribution in [0.4, 0.5) is 5.69 Å². The molecule has 0 aromatic heterocycles. The first-order valence-corrected chi connectivity index (χ1v) is 6.24. The maximum absolute atomic E-state index is 5.70. The quantitative estimate of drug-likeness (QED) is 0.809. The molecule has 3 N–H and O–H groups in total. The molecule has 0 radical (unpaired) electrons. The lowest BCUT2D eigenvalue weighted by Gasteiger charge is -2.17. The molecule has 0 aliphatic rings. The molecule has 0 saturated carbocycles. The Kier molecular flexibility index (Phi) is 6.50. The van der Waals surface area contributed by atoms with Crippen LogP contribution in [0.5, 0.6) is 0 Å². The largest absolute Gasteiger partial charge is 0.382 e. The zero-order valence-corrected chi connectivity index (χ0v) is 11.8.